The molecule has 2 unspecified atom stereocenters. The van der Waals surface area contributed by atoms with Crippen molar-refractivity contribution in [1.82, 2.24) is 9.80 Å². The summed E-state index contributed by atoms with van der Waals surface area (Å²) in [5.41, 5.74) is 10.9. The van der Waals surface area contributed by atoms with E-state index in [-0.39, 0.29) is 36.7 Å². The molecule has 0 radical (unpaired) electrons. The van der Waals surface area contributed by atoms with E-state index in [9.17, 15) is 29.9 Å². The lowest BCUT2D eigenvalue weighted by Gasteiger charge is -2.61. The first-order valence-electron chi connectivity index (χ1n) is 16.9. The Hall–Kier alpha value is -4.88. The molecule has 1 aromatic heterocycles. The molecule has 5 aliphatic heterocycles. The minimum atomic E-state index is -0.909. The summed E-state index contributed by atoms with van der Waals surface area (Å²) in [4.78, 5) is 39.7. The van der Waals surface area contributed by atoms with Crippen LogP contribution >= 0.6 is 11.8 Å². The third-order valence-electron chi connectivity index (χ3n) is 10.7. The summed E-state index contributed by atoms with van der Waals surface area (Å²) in [5, 5.41) is 32.5. The van der Waals surface area contributed by atoms with E-state index in [4.69, 9.17) is 24.7 Å². The summed E-state index contributed by atoms with van der Waals surface area (Å²) in [7, 11) is 3.84. The average molecular weight is 731 g/mol. The van der Waals surface area contributed by atoms with Gasteiger partial charge in [-0.1, -0.05) is 6.07 Å². The Bertz CT molecular complexity index is 2020. The van der Waals surface area contributed by atoms with Gasteiger partial charge in [0.05, 0.1) is 23.4 Å². The molecule has 15 heteroatoms. The van der Waals surface area contributed by atoms with E-state index in [1.165, 1.54) is 18.7 Å². The second-order valence-electron chi connectivity index (χ2n) is 13.7. The van der Waals surface area contributed by atoms with E-state index >= 15 is 0 Å². The topological polar surface area (TPSA) is 189 Å². The number of hydrogen-bond acceptors (Lipinski definition) is 14. The lowest BCUT2D eigenvalue weighted by atomic mass is 9.71. The van der Waals surface area contributed by atoms with Crippen molar-refractivity contribution < 1.29 is 48.1 Å². The maximum Gasteiger partial charge on any atom is 0.323 e. The van der Waals surface area contributed by atoms with Crippen LogP contribution in [-0.4, -0.2) is 88.6 Å². The number of esters is 2. The second-order valence-corrected chi connectivity index (χ2v) is 14.9. The Balaban J connectivity index is 0.000000410. The van der Waals surface area contributed by atoms with Gasteiger partial charge in [0.1, 0.15) is 31.5 Å². The first-order chi connectivity index (χ1) is 24.9. The van der Waals surface area contributed by atoms with Crippen LogP contribution in [0.1, 0.15) is 68.0 Å². The van der Waals surface area contributed by atoms with E-state index in [0.29, 0.717) is 57.1 Å². The summed E-state index contributed by atoms with van der Waals surface area (Å²) in [6.45, 7) is 4.70. The van der Waals surface area contributed by atoms with Crippen LogP contribution in [0.4, 0.5) is 0 Å². The van der Waals surface area contributed by atoms with Gasteiger partial charge < -0.3 is 34.9 Å². The minimum Gasteiger partial charge on any atom is -0.504 e. The molecule has 3 aromatic rings. The number of nitrogens with zero attached hydrogens (tertiary/aromatic N) is 4. The number of ether oxygens (including phenoxy) is 4. The molecule has 4 bridgehead atoms. The molecule has 2 aromatic carbocycles. The highest BCUT2D eigenvalue weighted by atomic mass is 32.2. The number of carbonyl (C=O) groups excluding carboxylic acids is 3. The largest absolute Gasteiger partial charge is 0.504 e. The Kier molecular flexibility index (Phi) is 9.28. The zero-order valence-electron chi connectivity index (χ0n) is 29.4. The molecule has 0 amide bonds. The Morgan fingerprint density at radius 1 is 1.13 bits per heavy atom. The molecular formula is C37H40N5O9S+. The van der Waals surface area contributed by atoms with Gasteiger partial charge in [-0.25, -0.2) is 4.57 Å². The quantitative estimate of drug-likeness (QED) is 0.115. The molecule has 0 spiro atoms. The van der Waals surface area contributed by atoms with Crippen molar-refractivity contribution in [3.8, 4) is 34.8 Å². The molecule has 4 N–H and O–H groups in total. The van der Waals surface area contributed by atoms with Crippen molar-refractivity contribution in [2.24, 2.45) is 12.8 Å². The lowest BCUT2D eigenvalue weighted by molar-refractivity contribution is -0.671. The Morgan fingerprint density at radius 3 is 2.52 bits per heavy atom. The standard InChI is InChI=1S/C30H32N4O8S.C7H8NO/c1-11-5-14-6-16-17(7-31)34-18-8-39-30(38)15(32)9-43-29(23(34)22(33(16)4)19(14)25(37)24(11)36)21-20(18)28-27(40-10-41-28)12(2)26(21)42-13(3)35;1-8-4-2-7(6-9)3-5-8/h5,15-18,22-23,29,36-37H,6,8-10,32H2,1-4H3;2-6H,1H3/q;+1/t15?,16-,17-,18-,22+,23?,29+;/m0./s1. The fourth-order valence-corrected chi connectivity index (χ4v) is 9.76. The molecule has 1 saturated heterocycles. The number of likely N-dealkylation sites (N-methyl/N-ethyl adjacent to an activating group) is 1. The number of phenols is 2. The van der Waals surface area contributed by atoms with Crippen LogP contribution in [0.2, 0.25) is 0 Å². The number of thioether (sulfide) groups is 1. The highest BCUT2D eigenvalue weighted by molar-refractivity contribution is 7.99. The van der Waals surface area contributed by atoms with Crippen LogP contribution in [0.5, 0.6) is 28.7 Å². The van der Waals surface area contributed by atoms with Crippen LogP contribution in [0, 0.1) is 25.2 Å². The normalized spacial score (nSPS) is 27.1. The zero-order valence-corrected chi connectivity index (χ0v) is 30.2. The maximum atomic E-state index is 12.9. The molecule has 8 rings (SSSR count). The molecular weight excluding hydrogens is 691 g/mol. The number of phenolic OH excluding ortho intramolecular Hbond substituents is 2. The van der Waals surface area contributed by atoms with Crippen LogP contribution < -0.4 is 24.5 Å². The van der Waals surface area contributed by atoms with E-state index in [0.717, 1.165) is 11.8 Å². The van der Waals surface area contributed by atoms with Gasteiger partial charge in [0.15, 0.2) is 41.7 Å². The van der Waals surface area contributed by atoms with Gasteiger partial charge in [0.2, 0.25) is 6.79 Å². The van der Waals surface area contributed by atoms with Crippen LogP contribution in [-0.2, 0) is 27.8 Å². The number of nitrogens with two attached hydrogens (primary N) is 1. The van der Waals surface area contributed by atoms with Gasteiger partial charge in [-0.15, -0.1) is 11.8 Å². The third kappa shape index (κ3) is 5.61. The number of aldehydes is 1. The molecule has 14 nitrogen and oxygen atoms in total. The summed E-state index contributed by atoms with van der Waals surface area (Å²) >= 11 is 1.41. The number of nitriles is 1. The molecule has 5 aliphatic rings. The summed E-state index contributed by atoms with van der Waals surface area (Å²) in [5.74, 6) is -0.0225. The van der Waals surface area contributed by atoms with Gasteiger partial charge in [-0.05, 0) is 38.4 Å². The molecule has 52 heavy (non-hydrogen) atoms. The number of fused-ring (bicyclic) bond motifs is 9. The fourth-order valence-electron chi connectivity index (χ4n) is 8.32. The van der Waals surface area contributed by atoms with Gasteiger partial charge in [0.25, 0.3) is 0 Å². The van der Waals surface area contributed by atoms with Crippen LogP contribution in [0.25, 0.3) is 0 Å². The lowest BCUT2D eigenvalue weighted by Crippen LogP contribution is -2.69. The molecule has 7 atom stereocenters. The number of aromatic hydroxyl groups is 2. The summed E-state index contributed by atoms with van der Waals surface area (Å²) < 4.78 is 25.5. The Morgan fingerprint density at radius 2 is 1.85 bits per heavy atom. The fraction of sp³-hybridized carbons (Fsp3) is 0.432. The number of hydrogen-bond donors (Lipinski definition) is 3. The van der Waals surface area contributed by atoms with E-state index in [1.807, 2.05) is 37.1 Å². The Labute approximate surface area is 304 Å². The van der Waals surface area contributed by atoms with E-state index in [2.05, 4.69) is 15.9 Å². The smallest absolute Gasteiger partial charge is 0.323 e. The molecule has 0 saturated carbocycles. The van der Waals surface area contributed by atoms with Crippen molar-refractivity contribution in [3.05, 3.63) is 69.5 Å². The number of benzene rings is 2. The SMILES string of the molecule is CC(=O)Oc1c(C)c2c(c3c1[C@H]1SCC(N)C(=O)OC[C@@H]3N3C1[C@H]1c4c(cc(C)c(O)c4O)C[C@@H]([C@@H]3C#N)N1C)OCO2.C[n+]1ccc(C=O)cc1. The van der Waals surface area contributed by atoms with Crippen LogP contribution in [0.15, 0.2) is 30.6 Å². The molecule has 0 aliphatic carbocycles. The number of rotatable bonds is 2. The van der Waals surface area contributed by atoms with Crippen molar-refractivity contribution >= 4 is 30.0 Å². The van der Waals surface area contributed by atoms with Gasteiger partial charge in [-0.2, -0.15) is 5.26 Å². The van der Waals surface area contributed by atoms with Gasteiger partial charge >= 0.3 is 11.9 Å². The van der Waals surface area contributed by atoms with Gasteiger partial charge in [0, 0.05) is 64.7 Å². The number of pyridine rings is 1. The van der Waals surface area contributed by atoms with Gasteiger partial charge in [-0.3, -0.25) is 24.2 Å². The first kappa shape index (κ1) is 35.5. The zero-order chi connectivity index (χ0) is 37.2. The number of aromatic nitrogens is 1. The predicted octanol–water partition coefficient (Wildman–Crippen LogP) is 2.58. The highest BCUT2D eigenvalue weighted by Crippen LogP contribution is 2.64. The molecule has 1 fully saturated rings. The first-order valence-corrected chi connectivity index (χ1v) is 17.9. The third-order valence-corrected chi connectivity index (χ3v) is 12.1. The van der Waals surface area contributed by atoms with Crippen molar-refractivity contribution in [3.63, 3.8) is 0 Å². The van der Waals surface area contributed by atoms with Crippen molar-refractivity contribution in [2.75, 3.05) is 26.2 Å². The van der Waals surface area contributed by atoms with Crippen molar-refractivity contribution in [2.45, 2.75) is 68.7 Å². The number of piperazine rings is 1. The molecule has 272 valence electrons. The number of carbonyl (C=O) groups is 3. The maximum absolute atomic E-state index is 12.9. The predicted molar refractivity (Wildman–Crippen MR) is 186 cm³/mol. The second kappa shape index (κ2) is 13.6. The van der Waals surface area contributed by atoms with Crippen LogP contribution in [0.3, 0.4) is 0 Å². The minimum absolute atomic E-state index is 0.0414. The van der Waals surface area contributed by atoms with Crippen molar-refractivity contribution in [1.29, 1.82) is 5.26 Å². The monoisotopic (exact) mass is 730 g/mol. The number of cyclic esters (lactones) is 1. The van der Waals surface area contributed by atoms with E-state index in [1.54, 1.807) is 26.0 Å². The van der Waals surface area contributed by atoms with E-state index < -0.39 is 47.4 Å². The summed E-state index contributed by atoms with van der Waals surface area (Å²) in [6, 6.07) is 4.45. The molecule has 6 heterocycles. The average Bonchev–Trinajstić information content (AvgIpc) is 3.61. The summed E-state index contributed by atoms with van der Waals surface area (Å²) in [6.07, 6.45) is 4.97. The highest BCUT2D eigenvalue weighted by Gasteiger charge is 2.60. The number of aryl methyl sites for hydroxylation is 2.